The van der Waals surface area contributed by atoms with Crippen molar-refractivity contribution < 1.29 is 13.2 Å². The zero-order chi connectivity index (χ0) is 14.9. The molecule has 1 aromatic carbocycles. The van der Waals surface area contributed by atoms with E-state index in [0.717, 1.165) is 17.7 Å². The lowest BCUT2D eigenvalue weighted by molar-refractivity contribution is -0.137. The number of nitrogens with zero attached hydrogens (tertiary/aromatic N) is 1. The average molecular weight is 278 g/mol. The van der Waals surface area contributed by atoms with Gasteiger partial charge >= 0.3 is 6.18 Å². The summed E-state index contributed by atoms with van der Waals surface area (Å²) in [6, 6.07) is 8.12. The van der Waals surface area contributed by atoms with Gasteiger partial charge in [-0.05, 0) is 36.8 Å². The van der Waals surface area contributed by atoms with Crippen molar-refractivity contribution in [2.75, 3.05) is 5.73 Å². The smallest absolute Gasteiger partial charge is 0.399 e. The monoisotopic (exact) mass is 278 g/mol. The van der Waals surface area contributed by atoms with Gasteiger partial charge in [0.15, 0.2) is 0 Å². The number of allylic oxidation sites excluding steroid dienone is 1. The Kier molecular flexibility index (Phi) is 3.53. The Bertz CT molecular complexity index is 643. The van der Waals surface area contributed by atoms with Crippen LogP contribution in [0.4, 0.5) is 18.9 Å². The molecule has 1 heterocycles. The lowest BCUT2D eigenvalue weighted by Crippen LogP contribution is -2.04. The van der Waals surface area contributed by atoms with E-state index < -0.39 is 11.7 Å². The lowest BCUT2D eigenvalue weighted by Gasteiger charge is -2.09. The molecule has 0 fully saturated rings. The standard InChI is InChI=1S/C15H13F3N2/c1-9(2)13-7-12(19)8-14(20-13)10-3-5-11(6-4-10)15(16,17)18/h3-8H,1H2,2H3,(H2,19,20). The fourth-order valence-electron chi connectivity index (χ4n) is 1.75. The average Bonchev–Trinajstić information content (AvgIpc) is 2.37. The molecule has 2 aromatic rings. The molecule has 0 bridgehead atoms. The summed E-state index contributed by atoms with van der Waals surface area (Å²) in [7, 11) is 0. The molecule has 0 aliphatic heterocycles. The first-order valence-electron chi connectivity index (χ1n) is 5.88. The minimum atomic E-state index is -4.34. The molecule has 0 amide bonds. The van der Waals surface area contributed by atoms with Gasteiger partial charge in [0.1, 0.15) is 0 Å². The van der Waals surface area contributed by atoms with Gasteiger partial charge in [0.2, 0.25) is 0 Å². The summed E-state index contributed by atoms with van der Waals surface area (Å²) >= 11 is 0. The maximum Gasteiger partial charge on any atom is 0.416 e. The molecule has 20 heavy (non-hydrogen) atoms. The van der Waals surface area contributed by atoms with E-state index in [1.807, 2.05) is 0 Å². The van der Waals surface area contributed by atoms with Crippen molar-refractivity contribution in [2.24, 2.45) is 0 Å². The van der Waals surface area contributed by atoms with Crippen LogP contribution in [0.15, 0.2) is 43.0 Å². The minimum Gasteiger partial charge on any atom is -0.399 e. The molecule has 2 N–H and O–H groups in total. The van der Waals surface area contributed by atoms with Crippen LogP contribution in [0.25, 0.3) is 16.8 Å². The molecule has 5 heteroatoms. The number of hydrogen-bond donors (Lipinski definition) is 1. The van der Waals surface area contributed by atoms with Crippen molar-refractivity contribution >= 4 is 11.3 Å². The van der Waals surface area contributed by atoms with E-state index in [-0.39, 0.29) is 0 Å². The van der Waals surface area contributed by atoms with Crippen LogP contribution >= 0.6 is 0 Å². The first-order chi connectivity index (χ1) is 9.27. The second kappa shape index (κ2) is 5.00. The van der Waals surface area contributed by atoms with Crippen molar-refractivity contribution in [2.45, 2.75) is 13.1 Å². The van der Waals surface area contributed by atoms with Gasteiger partial charge in [-0.15, -0.1) is 0 Å². The zero-order valence-electron chi connectivity index (χ0n) is 10.8. The number of rotatable bonds is 2. The summed E-state index contributed by atoms with van der Waals surface area (Å²) in [4.78, 5) is 4.33. The number of alkyl halides is 3. The van der Waals surface area contributed by atoms with Crippen LogP contribution in [-0.4, -0.2) is 4.98 Å². The Balaban J connectivity index is 2.44. The van der Waals surface area contributed by atoms with Gasteiger partial charge in [-0.3, -0.25) is 0 Å². The van der Waals surface area contributed by atoms with E-state index in [1.165, 1.54) is 12.1 Å². The number of nitrogen functional groups attached to an aromatic ring is 1. The molecular formula is C15H13F3N2. The van der Waals surface area contributed by atoms with E-state index in [0.29, 0.717) is 22.6 Å². The number of anilines is 1. The molecule has 1 aromatic heterocycles. The predicted octanol–water partition coefficient (Wildman–Crippen LogP) is 4.38. The van der Waals surface area contributed by atoms with Crippen LogP contribution in [0.5, 0.6) is 0 Å². The number of pyridine rings is 1. The molecule has 0 unspecified atom stereocenters. The molecule has 0 saturated heterocycles. The Morgan fingerprint density at radius 1 is 1.15 bits per heavy atom. The summed E-state index contributed by atoms with van der Waals surface area (Å²) in [5.41, 5.74) is 8.04. The van der Waals surface area contributed by atoms with E-state index in [4.69, 9.17) is 5.73 Å². The third kappa shape index (κ3) is 2.99. The maximum atomic E-state index is 12.5. The van der Waals surface area contributed by atoms with Crippen LogP contribution in [0.3, 0.4) is 0 Å². The van der Waals surface area contributed by atoms with E-state index >= 15 is 0 Å². The van der Waals surface area contributed by atoms with Crippen LogP contribution in [-0.2, 0) is 6.18 Å². The van der Waals surface area contributed by atoms with Crippen LogP contribution in [0, 0.1) is 0 Å². The second-order valence-electron chi connectivity index (χ2n) is 4.53. The van der Waals surface area contributed by atoms with Crippen molar-refractivity contribution in [3.8, 4) is 11.3 Å². The third-order valence-corrected chi connectivity index (χ3v) is 2.79. The van der Waals surface area contributed by atoms with Gasteiger partial charge in [-0.25, -0.2) is 4.98 Å². The molecule has 0 atom stereocenters. The first kappa shape index (κ1) is 14.1. The van der Waals surface area contributed by atoms with Crippen LogP contribution in [0.1, 0.15) is 18.2 Å². The van der Waals surface area contributed by atoms with Gasteiger partial charge in [0, 0.05) is 11.3 Å². The molecule has 0 spiro atoms. The van der Waals surface area contributed by atoms with E-state index in [1.54, 1.807) is 19.1 Å². The second-order valence-corrected chi connectivity index (χ2v) is 4.53. The molecule has 0 aliphatic carbocycles. The SMILES string of the molecule is C=C(C)c1cc(N)cc(-c2ccc(C(F)(F)F)cc2)n1. The summed E-state index contributed by atoms with van der Waals surface area (Å²) in [6.07, 6.45) is -4.34. The van der Waals surface area contributed by atoms with Crippen molar-refractivity contribution in [3.05, 3.63) is 54.2 Å². The Morgan fingerprint density at radius 3 is 2.25 bits per heavy atom. The minimum absolute atomic E-state index is 0.493. The van der Waals surface area contributed by atoms with Crippen molar-refractivity contribution in [3.63, 3.8) is 0 Å². The normalized spacial score (nSPS) is 11.4. The van der Waals surface area contributed by atoms with Crippen LogP contribution in [0.2, 0.25) is 0 Å². The van der Waals surface area contributed by atoms with Gasteiger partial charge in [-0.1, -0.05) is 18.7 Å². The number of halogens is 3. The van der Waals surface area contributed by atoms with Gasteiger partial charge in [0.25, 0.3) is 0 Å². The highest BCUT2D eigenvalue weighted by atomic mass is 19.4. The predicted molar refractivity (Wildman–Crippen MR) is 73.8 cm³/mol. The largest absolute Gasteiger partial charge is 0.416 e. The number of aromatic nitrogens is 1. The molecule has 2 nitrogen and oxygen atoms in total. The highest BCUT2D eigenvalue weighted by Gasteiger charge is 2.30. The Hall–Kier alpha value is -2.30. The quantitative estimate of drug-likeness (QED) is 0.885. The van der Waals surface area contributed by atoms with Gasteiger partial charge in [0.05, 0.1) is 17.0 Å². The van der Waals surface area contributed by atoms with Crippen LogP contribution < -0.4 is 5.73 Å². The zero-order valence-corrected chi connectivity index (χ0v) is 10.8. The number of nitrogens with two attached hydrogens (primary N) is 1. The molecule has 0 saturated carbocycles. The molecule has 0 aliphatic rings. The fraction of sp³-hybridized carbons (Fsp3) is 0.133. The van der Waals surface area contributed by atoms with E-state index in [2.05, 4.69) is 11.6 Å². The summed E-state index contributed by atoms with van der Waals surface area (Å²) in [5.74, 6) is 0. The summed E-state index contributed by atoms with van der Waals surface area (Å²) in [5, 5.41) is 0. The van der Waals surface area contributed by atoms with E-state index in [9.17, 15) is 13.2 Å². The number of benzene rings is 1. The highest BCUT2D eigenvalue weighted by molar-refractivity contribution is 5.69. The van der Waals surface area contributed by atoms with Crippen molar-refractivity contribution in [1.82, 2.24) is 4.98 Å². The first-order valence-corrected chi connectivity index (χ1v) is 5.88. The number of hydrogen-bond acceptors (Lipinski definition) is 2. The summed E-state index contributed by atoms with van der Waals surface area (Å²) in [6.45, 7) is 5.57. The fourth-order valence-corrected chi connectivity index (χ4v) is 1.75. The molecule has 2 rings (SSSR count). The lowest BCUT2D eigenvalue weighted by atomic mass is 10.1. The molecular weight excluding hydrogens is 265 g/mol. The topological polar surface area (TPSA) is 38.9 Å². The Morgan fingerprint density at radius 2 is 1.75 bits per heavy atom. The maximum absolute atomic E-state index is 12.5. The summed E-state index contributed by atoms with van der Waals surface area (Å²) < 4.78 is 37.5. The van der Waals surface area contributed by atoms with Gasteiger partial charge < -0.3 is 5.73 Å². The molecule has 0 radical (unpaired) electrons. The van der Waals surface area contributed by atoms with Crippen molar-refractivity contribution in [1.29, 1.82) is 0 Å². The molecule has 104 valence electrons. The highest BCUT2D eigenvalue weighted by Crippen LogP contribution is 2.31. The van der Waals surface area contributed by atoms with Gasteiger partial charge in [-0.2, -0.15) is 13.2 Å². The Labute approximate surface area is 114 Å². The third-order valence-electron chi connectivity index (χ3n) is 2.79.